The Bertz CT molecular complexity index is 1360. The lowest BCUT2D eigenvalue weighted by molar-refractivity contribution is -0.277. The molecule has 0 unspecified atom stereocenters. The molecule has 19 heteroatoms. The summed E-state index contributed by atoms with van der Waals surface area (Å²) in [5, 5.41) is 6.81. The molecule has 0 saturated carbocycles. The van der Waals surface area contributed by atoms with Crippen molar-refractivity contribution in [1.29, 1.82) is 0 Å². The molecule has 2 aromatic rings. The van der Waals surface area contributed by atoms with Crippen molar-refractivity contribution in [3.63, 3.8) is 0 Å². The Morgan fingerprint density at radius 2 is 1.55 bits per heavy atom. The van der Waals surface area contributed by atoms with Crippen LogP contribution in [0, 0.1) is 6.92 Å². The second-order valence-corrected chi connectivity index (χ2v) is 8.86. The molecule has 0 spiro atoms. The maximum atomic E-state index is 14.2. The number of aryl methyl sites for hydroxylation is 1. The van der Waals surface area contributed by atoms with Crippen LogP contribution in [0.25, 0.3) is 0 Å². The van der Waals surface area contributed by atoms with Crippen LogP contribution in [0.3, 0.4) is 0 Å². The third-order valence-electron chi connectivity index (χ3n) is 5.74. The molecule has 0 bridgehead atoms. The van der Waals surface area contributed by atoms with Crippen LogP contribution >= 0.6 is 0 Å². The highest BCUT2D eigenvalue weighted by atomic mass is 19.4. The molecule has 230 valence electrons. The maximum absolute atomic E-state index is 14.2. The molecule has 1 aromatic carbocycles. The zero-order valence-corrected chi connectivity index (χ0v) is 20.7. The molecule has 7 nitrogen and oxygen atoms in total. The largest absolute Gasteiger partial charge is 0.437 e. The van der Waals surface area contributed by atoms with E-state index in [0.717, 1.165) is 18.2 Å². The average Bonchev–Trinajstić information content (AvgIpc) is 3.31. The normalized spacial score (nSPS) is 17.9. The number of nitrogens with one attached hydrogen (secondary N) is 2. The molecule has 3 rings (SSSR count). The lowest BCUT2D eigenvalue weighted by atomic mass is 9.88. The average molecular weight is 624 g/mol. The SMILES string of the molecule is Cc1cc(C2=NO[C@@](c3cc(C(F)(F)F)cc(C(F)(F)F)n3)(C(F)(F)F)C2)ccc1C(=O)NCC(=O)NCC(F)(F)F. The summed E-state index contributed by atoms with van der Waals surface area (Å²) in [6.45, 7) is -1.22. The predicted molar refractivity (Wildman–Crippen MR) is 117 cm³/mol. The fraction of sp³-hybridized carbons (Fsp3) is 0.391. The number of rotatable bonds is 6. The zero-order chi connectivity index (χ0) is 31.9. The molecule has 2 N–H and O–H groups in total. The molecular formula is C23H16F12N4O3. The Morgan fingerprint density at radius 3 is 2.07 bits per heavy atom. The van der Waals surface area contributed by atoms with E-state index in [1.807, 2.05) is 5.32 Å². The first kappa shape index (κ1) is 32.5. The lowest BCUT2D eigenvalue weighted by Crippen LogP contribution is -2.44. The van der Waals surface area contributed by atoms with Gasteiger partial charge < -0.3 is 15.5 Å². The van der Waals surface area contributed by atoms with Gasteiger partial charge in [-0.15, -0.1) is 0 Å². The van der Waals surface area contributed by atoms with E-state index in [0.29, 0.717) is 0 Å². The van der Waals surface area contributed by atoms with E-state index < -0.39 is 90.4 Å². The van der Waals surface area contributed by atoms with Crippen molar-refractivity contribution in [2.75, 3.05) is 13.1 Å². The third kappa shape index (κ3) is 7.22. The van der Waals surface area contributed by atoms with Gasteiger partial charge in [0.2, 0.25) is 5.91 Å². The fourth-order valence-electron chi connectivity index (χ4n) is 3.68. The molecule has 1 aliphatic rings. The molecule has 2 heterocycles. The Hall–Kier alpha value is -4.06. The monoisotopic (exact) mass is 624 g/mol. The second kappa shape index (κ2) is 11.0. The lowest BCUT2D eigenvalue weighted by Gasteiger charge is -2.29. The number of hydrogen-bond donors (Lipinski definition) is 2. The smallest absolute Gasteiger partial charge is 0.372 e. The predicted octanol–water partition coefficient (Wildman–Crippen LogP) is 5.42. The number of pyridine rings is 1. The first-order valence-electron chi connectivity index (χ1n) is 11.2. The first-order valence-corrected chi connectivity index (χ1v) is 11.2. The van der Waals surface area contributed by atoms with Crippen molar-refractivity contribution in [3.8, 4) is 0 Å². The number of aromatic nitrogens is 1. The summed E-state index contributed by atoms with van der Waals surface area (Å²) in [5.41, 5.74) is -10.7. The van der Waals surface area contributed by atoms with E-state index in [-0.39, 0.29) is 22.8 Å². The van der Waals surface area contributed by atoms with E-state index in [4.69, 9.17) is 0 Å². The molecule has 0 aliphatic carbocycles. The number of hydrogen-bond acceptors (Lipinski definition) is 5. The van der Waals surface area contributed by atoms with Crippen molar-refractivity contribution in [2.45, 2.75) is 43.7 Å². The molecule has 42 heavy (non-hydrogen) atoms. The van der Waals surface area contributed by atoms with Gasteiger partial charge in [-0.3, -0.25) is 9.59 Å². The standard InChI is InChI=1S/C23H16F12N4O3/c1-10-4-11(2-3-13(10)18(41)36-8-17(40)37-9-20(24,25)26)14-7-19(42-39-14,23(33,34)35)15-5-12(21(27,28)29)6-16(38-15)22(30,31)32/h2-6H,7-9H2,1H3,(H,36,41)(H,37,40)/t19-/m0/s1. The van der Waals surface area contributed by atoms with E-state index >= 15 is 0 Å². The molecule has 0 saturated heterocycles. The molecule has 0 radical (unpaired) electrons. The van der Waals surface area contributed by atoms with E-state index in [1.165, 1.54) is 12.2 Å². The van der Waals surface area contributed by atoms with Crippen LogP contribution in [-0.4, -0.2) is 48.0 Å². The summed E-state index contributed by atoms with van der Waals surface area (Å²) in [6, 6.07) is 2.49. The fourth-order valence-corrected chi connectivity index (χ4v) is 3.68. The van der Waals surface area contributed by atoms with Crippen molar-refractivity contribution >= 4 is 17.5 Å². The Kier molecular flexibility index (Phi) is 8.48. The minimum absolute atomic E-state index is 0.0458. The summed E-state index contributed by atoms with van der Waals surface area (Å²) in [4.78, 5) is 31.1. The molecular weight excluding hydrogens is 608 g/mol. The molecule has 1 aromatic heterocycles. The van der Waals surface area contributed by atoms with Gasteiger partial charge in [0.05, 0.1) is 29.9 Å². The number of alkyl halides is 12. The van der Waals surface area contributed by atoms with E-state index in [9.17, 15) is 62.3 Å². The van der Waals surface area contributed by atoms with Gasteiger partial charge in [0, 0.05) is 5.56 Å². The topological polar surface area (TPSA) is 92.7 Å². The van der Waals surface area contributed by atoms with E-state index in [1.54, 1.807) is 0 Å². The summed E-state index contributed by atoms with van der Waals surface area (Å²) >= 11 is 0. The van der Waals surface area contributed by atoms with Gasteiger partial charge in [-0.25, -0.2) is 4.98 Å². The number of nitrogens with zero attached hydrogens (tertiary/aromatic N) is 2. The highest BCUT2D eigenvalue weighted by molar-refractivity contribution is 6.04. The van der Waals surface area contributed by atoms with Crippen molar-refractivity contribution in [3.05, 3.63) is 64.0 Å². The van der Waals surface area contributed by atoms with Crippen LogP contribution in [0.15, 0.2) is 35.5 Å². The van der Waals surface area contributed by atoms with Crippen LogP contribution in [0.1, 0.15) is 44.9 Å². The Morgan fingerprint density at radius 1 is 0.905 bits per heavy atom. The van der Waals surface area contributed by atoms with Gasteiger partial charge >= 0.3 is 24.7 Å². The quantitative estimate of drug-likeness (QED) is 0.421. The van der Waals surface area contributed by atoms with Gasteiger partial charge in [-0.1, -0.05) is 11.2 Å². The van der Waals surface area contributed by atoms with Crippen LogP contribution in [0.2, 0.25) is 0 Å². The van der Waals surface area contributed by atoms with Crippen molar-refractivity contribution in [1.82, 2.24) is 15.6 Å². The Labute approximate surface area is 226 Å². The number of benzene rings is 1. The van der Waals surface area contributed by atoms with Crippen molar-refractivity contribution in [2.24, 2.45) is 5.16 Å². The second-order valence-electron chi connectivity index (χ2n) is 8.86. The summed E-state index contributed by atoms with van der Waals surface area (Å²) in [5.74, 6) is -2.13. The van der Waals surface area contributed by atoms with Gasteiger partial charge in [0.1, 0.15) is 12.2 Å². The number of carbonyl (C=O) groups is 2. The van der Waals surface area contributed by atoms with E-state index in [2.05, 4.69) is 15.0 Å². The van der Waals surface area contributed by atoms with Gasteiger partial charge in [-0.2, -0.15) is 52.7 Å². The summed E-state index contributed by atoms with van der Waals surface area (Å²) in [6.07, 6.45) is -22.7. The van der Waals surface area contributed by atoms with Gasteiger partial charge in [0.25, 0.3) is 11.5 Å². The molecule has 1 aliphatic heterocycles. The molecule has 0 fully saturated rings. The number of halogens is 12. The minimum atomic E-state index is -5.61. The highest BCUT2D eigenvalue weighted by Gasteiger charge is 2.64. The van der Waals surface area contributed by atoms with Gasteiger partial charge in [0.15, 0.2) is 0 Å². The van der Waals surface area contributed by atoms with Crippen LogP contribution < -0.4 is 10.6 Å². The number of oxime groups is 1. The summed E-state index contributed by atoms with van der Waals surface area (Å²) in [7, 11) is 0. The summed E-state index contributed by atoms with van der Waals surface area (Å²) < 4.78 is 159. The first-order chi connectivity index (χ1) is 19.0. The molecule has 1 atom stereocenters. The third-order valence-corrected chi connectivity index (χ3v) is 5.74. The van der Waals surface area contributed by atoms with Crippen LogP contribution in [0.5, 0.6) is 0 Å². The maximum Gasteiger partial charge on any atom is 0.437 e. The minimum Gasteiger partial charge on any atom is -0.372 e. The number of carbonyl (C=O) groups excluding carboxylic acids is 2. The van der Waals surface area contributed by atoms with Crippen LogP contribution in [0.4, 0.5) is 52.7 Å². The van der Waals surface area contributed by atoms with Crippen LogP contribution in [-0.2, 0) is 27.6 Å². The zero-order valence-electron chi connectivity index (χ0n) is 20.7. The number of amides is 2. The highest BCUT2D eigenvalue weighted by Crippen LogP contribution is 2.49. The van der Waals surface area contributed by atoms with Gasteiger partial charge in [-0.05, 0) is 42.3 Å². The molecule has 2 amide bonds. The van der Waals surface area contributed by atoms with Crippen molar-refractivity contribution < 1.29 is 67.1 Å². The Balaban J connectivity index is 1.88.